The zero-order valence-corrected chi connectivity index (χ0v) is 11.0. The van der Waals surface area contributed by atoms with Crippen LogP contribution in [0.3, 0.4) is 0 Å². The van der Waals surface area contributed by atoms with Crippen molar-refractivity contribution in [2.45, 2.75) is 4.90 Å². The summed E-state index contributed by atoms with van der Waals surface area (Å²) in [4.78, 5) is 3.14. The molecule has 19 heavy (non-hydrogen) atoms. The summed E-state index contributed by atoms with van der Waals surface area (Å²) in [6.07, 6.45) is 2.78. The fraction of sp³-hybridized carbons (Fsp3) is 0. The lowest BCUT2D eigenvalue weighted by molar-refractivity contribution is 0.571. The number of rotatable bonds is 3. The maximum atomic E-state index is 13.8. The van der Waals surface area contributed by atoms with E-state index in [0.29, 0.717) is 0 Å². The van der Waals surface area contributed by atoms with Gasteiger partial charge in [0, 0.05) is 11.9 Å². The molecule has 0 saturated carbocycles. The minimum absolute atomic E-state index is 0.0537. The Morgan fingerprint density at radius 1 is 1.37 bits per heavy atom. The third-order valence-corrected chi connectivity index (χ3v) is 3.88. The Kier molecular flexibility index (Phi) is 3.59. The summed E-state index contributed by atoms with van der Waals surface area (Å²) >= 11 is 5.57. The highest BCUT2D eigenvalue weighted by molar-refractivity contribution is 7.92. The van der Waals surface area contributed by atoms with E-state index in [-0.39, 0.29) is 16.4 Å². The molecule has 0 unspecified atom stereocenters. The van der Waals surface area contributed by atoms with E-state index >= 15 is 0 Å². The third kappa shape index (κ3) is 2.94. The Morgan fingerprint density at radius 3 is 2.74 bits per heavy atom. The standard InChI is InChI=1S/C11H9ClFN3O2S/c12-9-4-7(14)5-10(11(9)13)19(17,18)16-8-2-1-3-15-6-8/h1-6,16H,14H2. The Hall–Kier alpha value is -1.86. The topological polar surface area (TPSA) is 85.1 Å². The van der Waals surface area contributed by atoms with Gasteiger partial charge >= 0.3 is 0 Å². The van der Waals surface area contributed by atoms with Crippen LogP contribution < -0.4 is 10.5 Å². The van der Waals surface area contributed by atoms with Crippen molar-refractivity contribution in [2.24, 2.45) is 0 Å². The number of pyridine rings is 1. The number of hydrogen-bond donors (Lipinski definition) is 2. The summed E-state index contributed by atoms with van der Waals surface area (Å²) in [5.74, 6) is -1.05. The molecule has 5 nitrogen and oxygen atoms in total. The molecule has 0 atom stereocenters. The van der Waals surface area contributed by atoms with Crippen molar-refractivity contribution in [3.05, 3.63) is 47.5 Å². The van der Waals surface area contributed by atoms with Gasteiger partial charge in [0.1, 0.15) is 4.90 Å². The first kappa shape index (κ1) is 13.6. The normalized spacial score (nSPS) is 11.3. The Balaban J connectivity index is 2.46. The summed E-state index contributed by atoms with van der Waals surface area (Å²) in [5, 5.41) is -0.355. The first-order chi connectivity index (χ1) is 8.90. The molecule has 0 spiro atoms. The molecular formula is C11H9ClFN3O2S. The molecule has 0 aliphatic carbocycles. The number of hydrogen-bond acceptors (Lipinski definition) is 4. The summed E-state index contributed by atoms with van der Waals surface area (Å²) in [5.41, 5.74) is 5.73. The Morgan fingerprint density at radius 2 is 2.11 bits per heavy atom. The van der Waals surface area contributed by atoms with Gasteiger partial charge in [0.05, 0.1) is 16.9 Å². The molecule has 0 radical (unpaired) electrons. The lowest BCUT2D eigenvalue weighted by Gasteiger charge is -2.10. The van der Waals surface area contributed by atoms with E-state index in [4.69, 9.17) is 17.3 Å². The first-order valence-electron chi connectivity index (χ1n) is 5.07. The van der Waals surface area contributed by atoms with Gasteiger partial charge in [-0.05, 0) is 24.3 Å². The van der Waals surface area contributed by atoms with Crippen molar-refractivity contribution >= 4 is 33.0 Å². The van der Waals surface area contributed by atoms with E-state index in [9.17, 15) is 12.8 Å². The van der Waals surface area contributed by atoms with Crippen molar-refractivity contribution in [3.63, 3.8) is 0 Å². The molecule has 1 aromatic heterocycles. The molecule has 2 aromatic rings. The molecule has 3 N–H and O–H groups in total. The Labute approximate surface area is 114 Å². The van der Waals surface area contributed by atoms with Crippen LogP contribution in [-0.2, 0) is 10.0 Å². The highest BCUT2D eigenvalue weighted by Gasteiger charge is 2.22. The molecular weight excluding hydrogens is 293 g/mol. The molecule has 1 heterocycles. The summed E-state index contributed by atoms with van der Waals surface area (Å²) in [7, 11) is -4.12. The molecule has 0 saturated heterocycles. The molecule has 0 fully saturated rings. The quantitative estimate of drug-likeness (QED) is 0.852. The predicted molar refractivity (Wildman–Crippen MR) is 70.9 cm³/mol. The van der Waals surface area contributed by atoms with E-state index in [1.54, 1.807) is 6.07 Å². The second kappa shape index (κ2) is 5.02. The van der Waals surface area contributed by atoms with Crippen LogP contribution in [0.15, 0.2) is 41.6 Å². The van der Waals surface area contributed by atoms with Gasteiger partial charge in [-0.2, -0.15) is 0 Å². The highest BCUT2D eigenvalue weighted by Crippen LogP contribution is 2.27. The number of benzene rings is 1. The molecule has 0 bridgehead atoms. The van der Waals surface area contributed by atoms with Gasteiger partial charge in [-0.25, -0.2) is 12.8 Å². The van der Waals surface area contributed by atoms with Gasteiger partial charge in [0.25, 0.3) is 10.0 Å². The van der Waals surface area contributed by atoms with Crippen molar-refractivity contribution in [1.29, 1.82) is 0 Å². The van der Waals surface area contributed by atoms with Gasteiger partial charge in [-0.1, -0.05) is 11.6 Å². The van der Waals surface area contributed by atoms with E-state index in [1.165, 1.54) is 18.5 Å². The van der Waals surface area contributed by atoms with Crippen LogP contribution in [0, 0.1) is 5.82 Å². The fourth-order valence-electron chi connectivity index (χ4n) is 1.41. The van der Waals surface area contributed by atoms with Gasteiger partial charge in [0.2, 0.25) is 0 Å². The average molecular weight is 302 g/mol. The second-order valence-electron chi connectivity index (χ2n) is 3.66. The third-order valence-electron chi connectivity index (χ3n) is 2.22. The number of nitrogens with one attached hydrogen (secondary N) is 1. The van der Waals surface area contributed by atoms with Crippen LogP contribution in [0.4, 0.5) is 15.8 Å². The number of halogens is 2. The molecule has 0 aliphatic rings. The average Bonchev–Trinajstić information content (AvgIpc) is 2.34. The molecule has 100 valence electrons. The van der Waals surface area contributed by atoms with Gasteiger partial charge in [-0.3, -0.25) is 9.71 Å². The van der Waals surface area contributed by atoms with Crippen LogP contribution in [0.2, 0.25) is 5.02 Å². The zero-order chi connectivity index (χ0) is 14.0. The smallest absolute Gasteiger partial charge is 0.264 e. The number of nitrogens with two attached hydrogens (primary N) is 1. The second-order valence-corrected chi connectivity index (χ2v) is 5.72. The van der Waals surface area contributed by atoms with Crippen molar-refractivity contribution in [2.75, 3.05) is 10.5 Å². The van der Waals surface area contributed by atoms with E-state index in [0.717, 1.165) is 12.1 Å². The first-order valence-corrected chi connectivity index (χ1v) is 6.93. The van der Waals surface area contributed by atoms with Gasteiger partial charge in [0.15, 0.2) is 5.82 Å². The number of nitrogens with zero attached hydrogens (tertiary/aromatic N) is 1. The minimum atomic E-state index is -4.12. The van der Waals surface area contributed by atoms with Crippen molar-refractivity contribution < 1.29 is 12.8 Å². The largest absolute Gasteiger partial charge is 0.399 e. The van der Waals surface area contributed by atoms with Crippen molar-refractivity contribution in [3.8, 4) is 0 Å². The molecule has 2 rings (SSSR count). The molecule has 0 amide bonds. The number of nitrogen functional groups attached to an aromatic ring is 1. The summed E-state index contributed by atoms with van der Waals surface area (Å²) in [6, 6.07) is 5.16. The minimum Gasteiger partial charge on any atom is -0.399 e. The molecule has 0 aliphatic heterocycles. The van der Waals surface area contributed by atoms with Crippen molar-refractivity contribution in [1.82, 2.24) is 4.98 Å². The van der Waals surface area contributed by atoms with Crippen LogP contribution in [-0.4, -0.2) is 13.4 Å². The van der Waals surface area contributed by atoms with Crippen LogP contribution >= 0.6 is 11.6 Å². The summed E-state index contributed by atoms with van der Waals surface area (Å²) < 4.78 is 40.0. The number of sulfonamides is 1. The maximum Gasteiger partial charge on any atom is 0.264 e. The lowest BCUT2D eigenvalue weighted by atomic mass is 10.3. The summed E-state index contributed by atoms with van der Waals surface area (Å²) in [6.45, 7) is 0. The Bertz CT molecular complexity index is 707. The lowest BCUT2D eigenvalue weighted by Crippen LogP contribution is -2.15. The zero-order valence-electron chi connectivity index (χ0n) is 9.47. The van der Waals surface area contributed by atoms with Gasteiger partial charge in [-0.15, -0.1) is 0 Å². The van der Waals surface area contributed by atoms with E-state index in [1.807, 2.05) is 0 Å². The fourth-order valence-corrected chi connectivity index (χ4v) is 2.87. The van der Waals surface area contributed by atoms with Gasteiger partial charge < -0.3 is 5.73 Å². The predicted octanol–water partition coefficient (Wildman–Crippen LogP) is 2.26. The van der Waals surface area contributed by atoms with Crippen LogP contribution in [0.1, 0.15) is 0 Å². The monoisotopic (exact) mass is 301 g/mol. The maximum absolute atomic E-state index is 13.8. The number of anilines is 2. The highest BCUT2D eigenvalue weighted by atomic mass is 35.5. The van der Waals surface area contributed by atoms with Crippen LogP contribution in [0.5, 0.6) is 0 Å². The van der Waals surface area contributed by atoms with E-state index < -0.39 is 20.7 Å². The van der Waals surface area contributed by atoms with Crippen LogP contribution in [0.25, 0.3) is 0 Å². The molecule has 8 heteroatoms. The number of aromatic nitrogens is 1. The molecule has 1 aromatic carbocycles. The SMILES string of the molecule is Nc1cc(Cl)c(F)c(S(=O)(=O)Nc2cccnc2)c1. The van der Waals surface area contributed by atoms with E-state index in [2.05, 4.69) is 9.71 Å².